The van der Waals surface area contributed by atoms with E-state index in [0.29, 0.717) is 0 Å². The van der Waals surface area contributed by atoms with Gasteiger partial charge in [0.25, 0.3) is 0 Å². The normalized spacial score (nSPS) is 11.1. The van der Waals surface area contributed by atoms with Gasteiger partial charge in [0.1, 0.15) is 0 Å². The minimum absolute atomic E-state index is 0. The summed E-state index contributed by atoms with van der Waals surface area (Å²) in [4.78, 5) is 0. The summed E-state index contributed by atoms with van der Waals surface area (Å²) >= 11 is 0. The van der Waals surface area contributed by atoms with E-state index in [9.17, 15) is 17.6 Å². The molecule has 0 aromatic heterocycles. The highest BCUT2D eigenvalue weighted by Gasteiger charge is 2.26. The Morgan fingerprint density at radius 2 is 0.889 bits per heavy atom. The Morgan fingerprint density at radius 1 is 0.630 bits per heavy atom. The maximum Gasteiger partial charge on any atom is 0.248 e. The third-order valence-corrected chi connectivity index (χ3v) is 2.81. The van der Waals surface area contributed by atoms with Gasteiger partial charge in [-0.3, -0.25) is 0 Å². The summed E-state index contributed by atoms with van der Waals surface area (Å²) in [7, 11) is 0. The van der Waals surface area contributed by atoms with Gasteiger partial charge in [-0.2, -0.15) is 0 Å². The molecule has 0 amide bonds. The van der Waals surface area contributed by atoms with Gasteiger partial charge >= 0.3 is 0 Å². The molecule has 0 fully saturated rings. The molecule has 0 bridgehead atoms. The van der Waals surface area contributed by atoms with E-state index in [-0.39, 0.29) is 38.5 Å². The molecule has 0 aliphatic carbocycles. The van der Waals surface area contributed by atoms with Crippen LogP contribution in [0.3, 0.4) is 0 Å². The molecule has 0 N–H and O–H groups in total. The van der Waals surface area contributed by atoms with Crippen molar-refractivity contribution in [2.75, 3.05) is 0 Å². The van der Waals surface area contributed by atoms with Crippen LogP contribution >= 0.6 is 0 Å². The minimum Gasteiger partial charge on any atom is -0.207 e. The van der Waals surface area contributed by atoms with Crippen molar-refractivity contribution in [2.45, 2.75) is 128 Å². The lowest BCUT2D eigenvalue weighted by Gasteiger charge is -2.15. The second-order valence-corrected chi connectivity index (χ2v) is 9.01. The van der Waals surface area contributed by atoms with Crippen LogP contribution in [-0.4, -0.2) is 11.8 Å². The third kappa shape index (κ3) is 66.8. The summed E-state index contributed by atoms with van der Waals surface area (Å²) in [5, 5.41) is 0. The van der Waals surface area contributed by atoms with Crippen LogP contribution in [0.15, 0.2) is 0 Å². The summed E-state index contributed by atoms with van der Waals surface area (Å²) in [6.45, 7) is 22.8. The Kier molecular flexibility index (Phi) is 28.4. The highest BCUT2D eigenvalue weighted by atomic mass is 19.3. The molecule has 0 aliphatic rings. The highest BCUT2D eigenvalue weighted by molar-refractivity contribution is 4.64. The molecule has 0 spiro atoms. The van der Waals surface area contributed by atoms with Gasteiger partial charge in [0.05, 0.1) is 0 Å². The van der Waals surface area contributed by atoms with E-state index in [2.05, 4.69) is 41.5 Å². The SMILES string of the molecule is C.CC(C)C.CC(C)CC(C)(F)F.CCC(C)C.CCC(F)(F)CC(C)C. The van der Waals surface area contributed by atoms with E-state index in [0.717, 1.165) is 18.8 Å². The maximum atomic E-state index is 12.4. The Bertz CT molecular complexity index is 261. The van der Waals surface area contributed by atoms with Crippen LogP contribution in [0.4, 0.5) is 17.6 Å². The lowest BCUT2D eigenvalue weighted by molar-refractivity contribution is -0.0224. The van der Waals surface area contributed by atoms with Gasteiger partial charge < -0.3 is 0 Å². The summed E-state index contributed by atoms with van der Waals surface area (Å²) < 4.78 is 48.8. The molecule has 0 heterocycles. The molecule has 0 unspecified atom stereocenters. The van der Waals surface area contributed by atoms with Crippen LogP contribution in [0, 0.1) is 23.7 Å². The Balaban J connectivity index is -0.0000000825. The minimum atomic E-state index is -2.48. The van der Waals surface area contributed by atoms with Crippen LogP contribution in [-0.2, 0) is 0 Å². The van der Waals surface area contributed by atoms with E-state index in [1.54, 1.807) is 13.8 Å². The third-order valence-electron chi connectivity index (χ3n) is 2.81. The number of rotatable bonds is 6. The number of hydrogen-bond acceptors (Lipinski definition) is 0. The Labute approximate surface area is 169 Å². The molecule has 0 rings (SSSR count). The van der Waals surface area contributed by atoms with Crippen LogP contribution in [0.25, 0.3) is 0 Å². The molecule has 0 saturated heterocycles. The average molecular weight is 405 g/mol. The van der Waals surface area contributed by atoms with Gasteiger partial charge in [-0.05, 0) is 30.6 Å². The van der Waals surface area contributed by atoms with Gasteiger partial charge in [-0.25, -0.2) is 17.6 Å². The predicted molar refractivity (Wildman–Crippen MR) is 117 cm³/mol. The van der Waals surface area contributed by atoms with Gasteiger partial charge in [-0.1, -0.05) is 90.0 Å². The number of hydrogen-bond donors (Lipinski definition) is 0. The first-order valence-electron chi connectivity index (χ1n) is 10.2. The lowest BCUT2D eigenvalue weighted by Crippen LogP contribution is -2.16. The van der Waals surface area contributed by atoms with Gasteiger partial charge in [0, 0.05) is 19.3 Å². The predicted octanol–water partition coefficient (Wildman–Crippen LogP) is 10.1. The first-order valence-corrected chi connectivity index (χ1v) is 10.2. The quantitative estimate of drug-likeness (QED) is 0.386. The largest absolute Gasteiger partial charge is 0.248 e. The molecule has 0 atom stereocenters. The summed E-state index contributed by atoms with van der Waals surface area (Å²) in [5.74, 6) is -3.01. The monoisotopic (exact) mass is 404 g/mol. The van der Waals surface area contributed by atoms with E-state index in [1.807, 2.05) is 13.8 Å². The van der Waals surface area contributed by atoms with Crippen molar-refractivity contribution < 1.29 is 17.6 Å². The number of halogens is 4. The summed E-state index contributed by atoms with van der Waals surface area (Å²) in [6.07, 6.45) is 1.28. The lowest BCUT2D eigenvalue weighted by atomic mass is 10.0. The van der Waals surface area contributed by atoms with E-state index in [4.69, 9.17) is 0 Å². The van der Waals surface area contributed by atoms with Crippen LogP contribution in [0.2, 0.25) is 0 Å². The fourth-order valence-electron chi connectivity index (χ4n) is 1.46. The van der Waals surface area contributed by atoms with Gasteiger partial charge in [0.15, 0.2) is 0 Å². The van der Waals surface area contributed by atoms with Crippen molar-refractivity contribution in [3.8, 4) is 0 Å². The zero-order valence-corrected chi connectivity index (χ0v) is 19.6. The Hall–Kier alpha value is -0.280. The summed E-state index contributed by atoms with van der Waals surface area (Å²) in [6, 6.07) is 0. The fraction of sp³-hybridized carbons (Fsp3) is 1.00. The Morgan fingerprint density at radius 3 is 0.926 bits per heavy atom. The molecule has 0 aliphatic heterocycles. The average Bonchev–Trinajstić information content (AvgIpc) is 2.35. The van der Waals surface area contributed by atoms with Gasteiger partial charge in [0.2, 0.25) is 11.8 Å². The molecule has 172 valence electrons. The molecular formula is C23H52F4. The van der Waals surface area contributed by atoms with E-state index >= 15 is 0 Å². The molecule has 27 heavy (non-hydrogen) atoms. The van der Waals surface area contributed by atoms with Crippen LogP contribution < -0.4 is 0 Å². The number of alkyl halides is 4. The molecule has 0 radical (unpaired) electrons. The smallest absolute Gasteiger partial charge is 0.207 e. The first kappa shape index (κ1) is 37.5. The molecule has 0 saturated carbocycles. The maximum absolute atomic E-state index is 12.4. The van der Waals surface area contributed by atoms with Crippen molar-refractivity contribution in [1.82, 2.24) is 0 Å². The van der Waals surface area contributed by atoms with Gasteiger partial charge in [-0.15, -0.1) is 0 Å². The summed E-state index contributed by atoms with van der Waals surface area (Å²) in [5.41, 5.74) is 0. The molecule has 0 aromatic carbocycles. The second kappa shape index (κ2) is 20.5. The van der Waals surface area contributed by atoms with Crippen molar-refractivity contribution in [3.63, 3.8) is 0 Å². The molecular weight excluding hydrogens is 352 g/mol. The topological polar surface area (TPSA) is 0 Å². The highest BCUT2D eigenvalue weighted by Crippen LogP contribution is 2.26. The fourth-order valence-corrected chi connectivity index (χ4v) is 1.46. The molecule has 0 nitrogen and oxygen atoms in total. The zero-order chi connectivity index (χ0) is 22.1. The van der Waals surface area contributed by atoms with Crippen LogP contribution in [0.5, 0.6) is 0 Å². The van der Waals surface area contributed by atoms with Crippen molar-refractivity contribution in [3.05, 3.63) is 0 Å². The van der Waals surface area contributed by atoms with E-state index in [1.165, 1.54) is 13.3 Å². The zero-order valence-electron chi connectivity index (χ0n) is 19.6. The standard InChI is InChI=1S/C7H14F2.C6H12F2.C5H12.C4H10.CH4/c1-4-7(8,9)5-6(2)3;1-5(2)4-6(3,7)8;1-4-5(2)3;1-4(2)3;/h6H,4-5H2,1-3H3;5H,4H2,1-3H3;5H,4H2,1-3H3;4H,1-3H3;1H4. The van der Waals surface area contributed by atoms with Crippen molar-refractivity contribution in [1.29, 1.82) is 0 Å². The van der Waals surface area contributed by atoms with Crippen molar-refractivity contribution in [2.24, 2.45) is 23.7 Å². The second-order valence-electron chi connectivity index (χ2n) is 9.01. The van der Waals surface area contributed by atoms with E-state index < -0.39 is 11.8 Å². The first-order chi connectivity index (χ1) is 11.4. The van der Waals surface area contributed by atoms with Crippen molar-refractivity contribution >= 4 is 0 Å². The molecule has 0 aromatic rings. The van der Waals surface area contributed by atoms with Crippen LogP contribution in [0.1, 0.15) is 116 Å². The molecule has 4 heteroatoms.